The number of likely N-dealkylation sites (tertiary alicyclic amines) is 1. The second-order valence-corrected chi connectivity index (χ2v) is 9.20. The van der Waals surface area contributed by atoms with Gasteiger partial charge in [-0.15, -0.1) is 0 Å². The van der Waals surface area contributed by atoms with Gasteiger partial charge in [-0.1, -0.05) is 30.3 Å². The SMILES string of the molecule is CN(Cc1ccsc1)C(=O)C[C@]1(c2ccccc2)CC(=O)N(CCCOc2cccnc2)C1=O. The summed E-state index contributed by atoms with van der Waals surface area (Å²) in [6, 6.07) is 14.7. The highest BCUT2D eigenvalue weighted by Crippen LogP contribution is 2.40. The highest BCUT2D eigenvalue weighted by molar-refractivity contribution is 7.07. The number of aromatic nitrogens is 1. The highest BCUT2D eigenvalue weighted by Gasteiger charge is 2.53. The number of pyridine rings is 1. The van der Waals surface area contributed by atoms with Crippen LogP contribution >= 0.6 is 11.3 Å². The average molecular weight is 478 g/mol. The first kappa shape index (κ1) is 23.6. The van der Waals surface area contributed by atoms with Gasteiger partial charge in [-0.2, -0.15) is 11.3 Å². The van der Waals surface area contributed by atoms with E-state index in [2.05, 4.69) is 4.98 Å². The lowest BCUT2D eigenvalue weighted by Gasteiger charge is -2.29. The van der Waals surface area contributed by atoms with Gasteiger partial charge in [0.1, 0.15) is 5.75 Å². The van der Waals surface area contributed by atoms with Crippen molar-refractivity contribution in [3.05, 3.63) is 82.8 Å². The summed E-state index contributed by atoms with van der Waals surface area (Å²) in [5.74, 6) is -0.108. The molecule has 176 valence electrons. The van der Waals surface area contributed by atoms with Crippen LogP contribution in [0.4, 0.5) is 0 Å². The summed E-state index contributed by atoms with van der Waals surface area (Å²) < 4.78 is 5.65. The number of nitrogens with zero attached hydrogens (tertiary/aromatic N) is 3. The molecule has 1 aliphatic rings. The summed E-state index contributed by atoms with van der Waals surface area (Å²) in [7, 11) is 1.73. The van der Waals surface area contributed by atoms with Crippen molar-refractivity contribution >= 4 is 29.1 Å². The van der Waals surface area contributed by atoms with Gasteiger partial charge in [0.05, 0.1) is 18.2 Å². The fraction of sp³-hybridized carbons (Fsp3) is 0.308. The largest absolute Gasteiger partial charge is 0.492 e. The molecule has 2 aromatic heterocycles. The van der Waals surface area contributed by atoms with Crippen LogP contribution in [-0.4, -0.2) is 52.7 Å². The third-order valence-electron chi connectivity index (χ3n) is 6.04. The quantitative estimate of drug-likeness (QED) is 0.329. The molecular weight excluding hydrogens is 450 g/mol. The number of carbonyl (C=O) groups is 3. The molecule has 0 saturated carbocycles. The summed E-state index contributed by atoms with van der Waals surface area (Å²) in [5.41, 5.74) is 0.543. The first-order valence-corrected chi connectivity index (χ1v) is 12.1. The predicted octanol–water partition coefficient (Wildman–Crippen LogP) is 3.66. The Labute approximate surface area is 203 Å². The standard InChI is InChI=1S/C26H27N3O4S/c1-28(18-20-10-14-34-19-20)23(30)15-26(21-7-3-2-4-8-21)16-24(31)29(25(26)32)12-6-13-33-22-9-5-11-27-17-22/h2-5,7-11,14,17,19H,6,12-13,15-16,18H2,1H3/t26-/m1/s1. The number of carbonyl (C=O) groups excluding carboxylic acids is 3. The van der Waals surface area contributed by atoms with Crippen molar-refractivity contribution < 1.29 is 19.1 Å². The molecule has 3 amide bonds. The molecule has 3 heterocycles. The molecule has 7 nitrogen and oxygen atoms in total. The summed E-state index contributed by atoms with van der Waals surface area (Å²) in [5, 5.41) is 3.96. The number of hydrogen-bond acceptors (Lipinski definition) is 6. The molecule has 0 N–H and O–H groups in total. The normalized spacial score (nSPS) is 17.7. The molecule has 1 fully saturated rings. The van der Waals surface area contributed by atoms with Gasteiger partial charge in [-0.3, -0.25) is 24.3 Å². The van der Waals surface area contributed by atoms with Gasteiger partial charge in [0.2, 0.25) is 17.7 Å². The summed E-state index contributed by atoms with van der Waals surface area (Å²) in [4.78, 5) is 46.7. The van der Waals surface area contributed by atoms with E-state index in [9.17, 15) is 14.4 Å². The Hall–Kier alpha value is -3.52. The Morgan fingerprint density at radius 3 is 2.71 bits per heavy atom. The molecule has 0 aliphatic carbocycles. The van der Waals surface area contributed by atoms with Crippen LogP contribution in [0.1, 0.15) is 30.4 Å². The van der Waals surface area contributed by atoms with Crippen molar-refractivity contribution in [1.82, 2.24) is 14.8 Å². The van der Waals surface area contributed by atoms with Crippen LogP contribution in [0, 0.1) is 0 Å². The van der Waals surface area contributed by atoms with Crippen LogP contribution in [0.3, 0.4) is 0 Å². The molecule has 3 aromatic rings. The molecule has 0 unspecified atom stereocenters. The third-order valence-corrected chi connectivity index (χ3v) is 6.77. The molecule has 1 aliphatic heterocycles. The number of ether oxygens (including phenoxy) is 1. The van der Waals surface area contributed by atoms with Gasteiger partial charge in [0, 0.05) is 39.2 Å². The lowest BCUT2D eigenvalue weighted by atomic mass is 9.75. The van der Waals surface area contributed by atoms with Crippen LogP contribution in [-0.2, 0) is 26.3 Å². The van der Waals surface area contributed by atoms with Gasteiger partial charge in [0.15, 0.2) is 0 Å². The first-order chi connectivity index (χ1) is 16.5. The molecule has 8 heteroatoms. The van der Waals surface area contributed by atoms with Crippen molar-refractivity contribution in [2.75, 3.05) is 20.2 Å². The van der Waals surface area contributed by atoms with E-state index < -0.39 is 5.41 Å². The molecule has 4 rings (SSSR count). The maximum Gasteiger partial charge on any atom is 0.240 e. The Morgan fingerprint density at radius 2 is 2.00 bits per heavy atom. The second kappa shape index (κ2) is 10.6. The van der Waals surface area contributed by atoms with Gasteiger partial charge in [0.25, 0.3) is 0 Å². The monoisotopic (exact) mass is 477 g/mol. The van der Waals surface area contributed by atoms with E-state index in [1.807, 2.05) is 47.2 Å². The Morgan fingerprint density at radius 1 is 1.18 bits per heavy atom. The molecule has 1 saturated heterocycles. The van der Waals surface area contributed by atoms with E-state index >= 15 is 0 Å². The Bertz CT molecular complexity index is 1120. The van der Waals surface area contributed by atoms with E-state index in [0.29, 0.717) is 30.9 Å². The molecule has 0 radical (unpaired) electrons. The smallest absolute Gasteiger partial charge is 0.240 e. The van der Waals surface area contributed by atoms with E-state index in [1.54, 1.807) is 47.8 Å². The van der Waals surface area contributed by atoms with Crippen LogP contribution < -0.4 is 4.74 Å². The number of amides is 3. The first-order valence-electron chi connectivity index (χ1n) is 11.2. The lowest BCUT2D eigenvalue weighted by molar-refractivity contribution is -0.142. The number of imide groups is 1. The van der Waals surface area contributed by atoms with Crippen molar-refractivity contribution in [3.63, 3.8) is 0 Å². The molecule has 1 atom stereocenters. The van der Waals surface area contributed by atoms with Crippen LogP contribution in [0.2, 0.25) is 0 Å². The minimum atomic E-state index is -1.19. The number of rotatable bonds is 10. The molecule has 1 aromatic carbocycles. The van der Waals surface area contributed by atoms with E-state index in [4.69, 9.17) is 4.74 Å². The minimum absolute atomic E-state index is 0.0165. The number of benzene rings is 1. The van der Waals surface area contributed by atoms with Crippen LogP contribution in [0.25, 0.3) is 0 Å². The number of hydrogen-bond donors (Lipinski definition) is 0. The Kier molecular flexibility index (Phi) is 7.37. The molecular formula is C26H27N3O4S. The minimum Gasteiger partial charge on any atom is -0.492 e. The number of thiophene rings is 1. The van der Waals surface area contributed by atoms with Crippen molar-refractivity contribution in [3.8, 4) is 5.75 Å². The summed E-state index contributed by atoms with van der Waals surface area (Å²) in [6.45, 7) is 1.06. The van der Waals surface area contributed by atoms with Crippen molar-refractivity contribution in [2.24, 2.45) is 0 Å². The van der Waals surface area contributed by atoms with Crippen molar-refractivity contribution in [1.29, 1.82) is 0 Å². The maximum atomic E-state index is 13.7. The lowest BCUT2D eigenvalue weighted by Crippen LogP contribution is -2.43. The van der Waals surface area contributed by atoms with E-state index in [-0.39, 0.29) is 37.1 Å². The van der Waals surface area contributed by atoms with Gasteiger partial charge < -0.3 is 9.64 Å². The molecule has 0 spiro atoms. The molecule has 0 bridgehead atoms. The maximum absolute atomic E-state index is 13.7. The zero-order valence-corrected chi connectivity index (χ0v) is 19.9. The van der Waals surface area contributed by atoms with E-state index in [0.717, 1.165) is 5.56 Å². The zero-order valence-electron chi connectivity index (χ0n) is 19.1. The zero-order chi connectivity index (χ0) is 24.0. The fourth-order valence-electron chi connectivity index (χ4n) is 4.23. The average Bonchev–Trinajstić information content (AvgIpc) is 3.45. The summed E-state index contributed by atoms with van der Waals surface area (Å²) in [6.07, 6.45) is 3.70. The van der Waals surface area contributed by atoms with Crippen LogP contribution in [0.5, 0.6) is 5.75 Å². The highest BCUT2D eigenvalue weighted by atomic mass is 32.1. The van der Waals surface area contributed by atoms with Gasteiger partial charge >= 0.3 is 0 Å². The summed E-state index contributed by atoms with van der Waals surface area (Å²) >= 11 is 1.57. The van der Waals surface area contributed by atoms with Gasteiger partial charge in [-0.05, 0) is 46.5 Å². The Balaban J connectivity index is 1.47. The molecule has 34 heavy (non-hydrogen) atoms. The van der Waals surface area contributed by atoms with Crippen molar-refractivity contribution in [2.45, 2.75) is 31.2 Å². The van der Waals surface area contributed by atoms with Gasteiger partial charge in [-0.25, -0.2) is 0 Å². The second-order valence-electron chi connectivity index (χ2n) is 8.42. The van der Waals surface area contributed by atoms with Crippen LogP contribution in [0.15, 0.2) is 71.7 Å². The predicted molar refractivity (Wildman–Crippen MR) is 129 cm³/mol. The fourth-order valence-corrected chi connectivity index (χ4v) is 4.89. The topological polar surface area (TPSA) is 79.8 Å². The van der Waals surface area contributed by atoms with E-state index in [1.165, 1.54) is 4.90 Å². The third kappa shape index (κ3) is 5.17.